The quantitative estimate of drug-likeness (QED) is 0.906. The molecule has 0 saturated heterocycles. The van der Waals surface area contributed by atoms with Crippen LogP contribution in [0.25, 0.3) is 0 Å². The first-order chi connectivity index (χ1) is 9.70. The number of nitrogens with two attached hydrogens (primary N) is 1. The second-order valence-electron chi connectivity index (χ2n) is 4.89. The van der Waals surface area contributed by atoms with Crippen LogP contribution < -0.4 is 10.5 Å². The zero-order valence-electron chi connectivity index (χ0n) is 11.9. The predicted molar refractivity (Wildman–Crippen MR) is 84.3 cm³/mol. The summed E-state index contributed by atoms with van der Waals surface area (Å²) in [6.45, 7) is 5.65. The molecular weight excluding hydrogens is 308 g/mol. The van der Waals surface area contributed by atoms with Gasteiger partial charge >= 0.3 is 0 Å². The summed E-state index contributed by atoms with van der Waals surface area (Å²) in [6.07, 6.45) is 0. The fourth-order valence-corrected chi connectivity index (χ4v) is 4.45. The van der Waals surface area contributed by atoms with Crippen molar-refractivity contribution in [1.82, 2.24) is 0 Å². The molecule has 7 heteroatoms. The van der Waals surface area contributed by atoms with Crippen LogP contribution in [0.15, 0.2) is 28.5 Å². The Balaban J connectivity index is 2.40. The molecule has 21 heavy (non-hydrogen) atoms. The van der Waals surface area contributed by atoms with E-state index >= 15 is 0 Å². The van der Waals surface area contributed by atoms with Gasteiger partial charge in [0.05, 0.1) is 15.5 Å². The molecule has 0 fully saturated rings. The maximum Gasteiger partial charge on any atom is 0.262 e. The summed E-state index contributed by atoms with van der Waals surface area (Å²) in [7, 11) is -3.73. The normalized spacial score (nSPS) is 11.4. The van der Waals surface area contributed by atoms with Crippen LogP contribution in [0.3, 0.4) is 0 Å². The topological polar surface area (TPSA) is 89.3 Å². The van der Waals surface area contributed by atoms with Crippen molar-refractivity contribution in [1.29, 1.82) is 0 Å². The number of primary amides is 1. The molecule has 0 bridgehead atoms. The molecule has 0 radical (unpaired) electrons. The van der Waals surface area contributed by atoms with Gasteiger partial charge in [-0.05, 0) is 38.0 Å². The number of aryl methyl sites for hydroxylation is 3. The maximum absolute atomic E-state index is 12.4. The van der Waals surface area contributed by atoms with Crippen molar-refractivity contribution < 1.29 is 13.2 Å². The molecule has 0 atom stereocenters. The van der Waals surface area contributed by atoms with Crippen LogP contribution in [0, 0.1) is 20.8 Å². The van der Waals surface area contributed by atoms with Gasteiger partial charge in [0.15, 0.2) is 0 Å². The number of hydrogen-bond acceptors (Lipinski definition) is 4. The number of nitrogens with one attached hydrogen (secondary N) is 1. The average Bonchev–Trinajstić information content (AvgIpc) is 2.84. The van der Waals surface area contributed by atoms with Crippen molar-refractivity contribution in [3.63, 3.8) is 0 Å². The summed E-state index contributed by atoms with van der Waals surface area (Å²) in [5.74, 6) is -0.635. The van der Waals surface area contributed by atoms with Gasteiger partial charge in [0.2, 0.25) is 0 Å². The van der Waals surface area contributed by atoms with Gasteiger partial charge in [-0.25, -0.2) is 8.42 Å². The standard InChI is InChI=1S/C14H16N2O3S2/c1-8-4-9(2)13(10(3)5-8)16-21(18,19)11-6-12(14(15)17)20-7-11/h4-7,16H,1-3H3,(H2,15,17). The molecule has 0 spiro atoms. The highest BCUT2D eigenvalue weighted by Crippen LogP contribution is 2.26. The van der Waals surface area contributed by atoms with Crippen LogP contribution in [-0.2, 0) is 10.0 Å². The summed E-state index contributed by atoms with van der Waals surface area (Å²) < 4.78 is 27.3. The monoisotopic (exact) mass is 324 g/mol. The molecule has 1 heterocycles. The number of sulfonamides is 1. The Labute approximate surface area is 127 Å². The summed E-state index contributed by atoms with van der Waals surface area (Å²) in [5.41, 5.74) is 8.47. The zero-order chi connectivity index (χ0) is 15.8. The Morgan fingerprint density at radius 2 is 1.71 bits per heavy atom. The summed E-state index contributed by atoms with van der Waals surface area (Å²) >= 11 is 1.01. The molecule has 1 amide bonds. The highest BCUT2D eigenvalue weighted by atomic mass is 32.2. The van der Waals surface area contributed by atoms with E-state index in [1.165, 1.54) is 11.4 Å². The molecule has 112 valence electrons. The van der Waals surface area contributed by atoms with E-state index in [4.69, 9.17) is 5.73 Å². The lowest BCUT2D eigenvalue weighted by atomic mass is 10.1. The van der Waals surface area contributed by atoms with E-state index < -0.39 is 15.9 Å². The molecule has 3 N–H and O–H groups in total. The van der Waals surface area contributed by atoms with Crippen LogP contribution in [0.2, 0.25) is 0 Å². The lowest BCUT2D eigenvalue weighted by Crippen LogP contribution is -2.14. The van der Waals surface area contributed by atoms with E-state index in [0.29, 0.717) is 5.69 Å². The second kappa shape index (κ2) is 5.50. The number of amides is 1. The minimum Gasteiger partial charge on any atom is -0.365 e. The van der Waals surface area contributed by atoms with Gasteiger partial charge in [-0.2, -0.15) is 0 Å². The molecule has 5 nitrogen and oxygen atoms in total. The van der Waals surface area contributed by atoms with Crippen LogP contribution in [0.1, 0.15) is 26.4 Å². The summed E-state index contributed by atoms with van der Waals surface area (Å²) in [6, 6.07) is 5.11. The Morgan fingerprint density at radius 3 is 2.19 bits per heavy atom. The van der Waals surface area contributed by atoms with E-state index in [2.05, 4.69) is 4.72 Å². The Hall–Kier alpha value is -1.86. The number of rotatable bonds is 4. The first-order valence-electron chi connectivity index (χ1n) is 6.19. The van der Waals surface area contributed by atoms with E-state index in [-0.39, 0.29) is 9.77 Å². The molecule has 2 rings (SSSR count). The first-order valence-corrected chi connectivity index (χ1v) is 8.56. The smallest absolute Gasteiger partial charge is 0.262 e. The molecule has 1 aromatic heterocycles. The molecule has 0 aliphatic heterocycles. The van der Waals surface area contributed by atoms with Crippen LogP contribution in [-0.4, -0.2) is 14.3 Å². The molecule has 0 aliphatic carbocycles. The Kier molecular flexibility index (Phi) is 4.06. The lowest BCUT2D eigenvalue weighted by molar-refractivity contribution is 0.100. The highest BCUT2D eigenvalue weighted by molar-refractivity contribution is 7.92. The van der Waals surface area contributed by atoms with E-state index in [0.717, 1.165) is 28.0 Å². The molecule has 1 aromatic carbocycles. The Bertz CT molecular complexity index is 784. The SMILES string of the molecule is Cc1cc(C)c(NS(=O)(=O)c2csc(C(N)=O)c2)c(C)c1. The van der Waals surface area contributed by atoms with Gasteiger partial charge in [-0.1, -0.05) is 17.7 Å². The maximum atomic E-state index is 12.4. The fourth-order valence-electron chi connectivity index (χ4n) is 2.12. The zero-order valence-corrected chi connectivity index (χ0v) is 13.6. The summed E-state index contributed by atoms with van der Waals surface area (Å²) in [4.78, 5) is 11.3. The number of carbonyl (C=O) groups excluding carboxylic acids is 1. The van der Waals surface area contributed by atoms with Crippen LogP contribution in [0.4, 0.5) is 5.69 Å². The molecular formula is C14H16N2O3S2. The van der Waals surface area contributed by atoms with Crippen molar-refractivity contribution in [2.45, 2.75) is 25.7 Å². The third-order valence-electron chi connectivity index (χ3n) is 3.04. The van der Waals surface area contributed by atoms with E-state index in [1.807, 2.05) is 32.9 Å². The third kappa shape index (κ3) is 3.25. The molecule has 0 aliphatic rings. The molecule has 0 saturated carbocycles. The molecule has 2 aromatic rings. The number of carbonyl (C=O) groups is 1. The number of anilines is 1. The van der Waals surface area contributed by atoms with Crippen molar-refractivity contribution in [2.24, 2.45) is 5.73 Å². The first kappa shape index (κ1) is 15.5. The minimum atomic E-state index is -3.73. The van der Waals surface area contributed by atoms with Gasteiger partial charge in [0.25, 0.3) is 15.9 Å². The highest BCUT2D eigenvalue weighted by Gasteiger charge is 2.19. The Morgan fingerprint density at radius 1 is 1.14 bits per heavy atom. The van der Waals surface area contributed by atoms with Gasteiger partial charge in [-0.3, -0.25) is 9.52 Å². The van der Waals surface area contributed by atoms with Crippen molar-refractivity contribution in [2.75, 3.05) is 4.72 Å². The lowest BCUT2D eigenvalue weighted by Gasteiger charge is -2.13. The van der Waals surface area contributed by atoms with Gasteiger partial charge in [0.1, 0.15) is 0 Å². The van der Waals surface area contributed by atoms with Crippen molar-refractivity contribution in [3.05, 3.63) is 45.1 Å². The molecule has 0 unspecified atom stereocenters. The predicted octanol–water partition coefficient (Wildman–Crippen LogP) is 2.57. The van der Waals surface area contributed by atoms with E-state index in [1.54, 1.807) is 0 Å². The number of thiophene rings is 1. The van der Waals surface area contributed by atoms with Crippen LogP contribution in [0.5, 0.6) is 0 Å². The average molecular weight is 324 g/mol. The van der Waals surface area contributed by atoms with Crippen molar-refractivity contribution >= 4 is 33.0 Å². The summed E-state index contributed by atoms with van der Waals surface area (Å²) in [5, 5.41) is 1.40. The van der Waals surface area contributed by atoms with Gasteiger partial charge in [0, 0.05) is 5.38 Å². The number of hydrogen-bond donors (Lipinski definition) is 2. The van der Waals surface area contributed by atoms with Gasteiger partial charge in [-0.15, -0.1) is 11.3 Å². The largest absolute Gasteiger partial charge is 0.365 e. The van der Waals surface area contributed by atoms with Crippen LogP contribution >= 0.6 is 11.3 Å². The van der Waals surface area contributed by atoms with Gasteiger partial charge < -0.3 is 5.73 Å². The van der Waals surface area contributed by atoms with E-state index in [9.17, 15) is 13.2 Å². The number of benzene rings is 1. The minimum absolute atomic E-state index is 0.0423. The second-order valence-corrected chi connectivity index (χ2v) is 7.48. The fraction of sp³-hybridized carbons (Fsp3) is 0.214. The third-order valence-corrected chi connectivity index (χ3v) is 5.47. The van der Waals surface area contributed by atoms with Crippen molar-refractivity contribution in [3.8, 4) is 0 Å².